The number of carboxylic acid groups (broad SMARTS) is 1. The molecule has 0 fully saturated rings. The summed E-state index contributed by atoms with van der Waals surface area (Å²) in [6, 6.07) is 7.25. The maximum atomic E-state index is 11.2. The summed E-state index contributed by atoms with van der Waals surface area (Å²) in [5.41, 5.74) is 1.71. The van der Waals surface area contributed by atoms with E-state index < -0.39 is 5.97 Å². The van der Waals surface area contributed by atoms with E-state index in [1.807, 2.05) is 18.2 Å². The first kappa shape index (κ1) is 12.0. The monoisotopic (exact) mass is 243 g/mol. The van der Waals surface area contributed by atoms with E-state index in [0.29, 0.717) is 17.9 Å². The minimum absolute atomic E-state index is 0.202. The molecule has 0 aliphatic carbocycles. The third-order valence-corrected chi connectivity index (χ3v) is 2.54. The second-order valence-corrected chi connectivity index (χ2v) is 3.83. The zero-order valence-corrected chi connectivity index (χ0v) is 9.92. The van der Waals surface area contributed by atoms with Gasteiger partial charge in [0.1, 0.15) is 11.4 Å². The molecule has 0 spiro atoms. The molecular formula is C13H13N3O2. The van der Waals surface area contributed by atoms with E-state index in [4.69, 9.17) is 5.11 Å². The molecule has 2 N–H and O–H groups in total. The summed E-state index contributed by atoms with van der Waals surface area (Å²) >= 11 is 0. The van der Waals surface area contributed by atoms with Crippen molar-refractivity contribution >= 4 is 11.8 Å². The molecule has 0 saturated carbocycles. The number of carbonyl (C=O) groups is 1. The summed E-state index contributed by atoms with van der Waals surface area (Å²) in [6.45, 7) is 2.19. The van der Waals surface area contributed by atoms with Gasteiger partial charge in [-0.2, -0.15) is 0 Å². The molecule has 0 radical (unpaired) electrons. The van der Waals surface area contributed by atoms with Gasteiger partial charge in [-0.15, -0.1) is 0 Å². The van der Waals surface area contributed by atoms with E-state index in [2.05, 4.69) is 15.3 Å². The lowest BCUT2D eigenvalue weighted by Gasteiger charge is -2.09. The molecule has 2 aromatic rings. The van der Waals surface area contributed by atoms with E-state index in [1.54, 1.807) is 25.4 Å². The molecule has 0 atom stereocenters. The number of nitrogens with one attached hydrogen (secondary N) is 1. The first-order chi connectivity index (χ1) is 8.68. The summed E-state index contributed by atoms with van der Waals surface area (Å²) in [5, 5.41) is 12.1. The lowest BCUT2D eigenvalue weighted by Crippen LogP contribution is -2.10. The maximum absolute atomic E-state index is 11.2. The average molecular weight is 243 g/mol. The summed E-state index contributed by atoms with van der Waals surface area (Å²) in [7, 11) is 0. The van der Waals surface area contributed by atoms with Crippen molar-refractivity contribution in [2.24, 2.45) is 0 Å². The Morgan fingerprint density at radius 1 is 1.28 bits per heavy atom. The van der Waals surface area contributed by atoms with Crippen LogP contribution in [0, 0.1) is 6.92 Å². The number of aryl methyl sites for hydroxylation is 1. The topological polar surface area (TPSA) is 75.1 Å². The van der Waals surface area contributed by atoms with Crippen LogP contribution in [0.25, 0.3) is 0 Å². The molecular weight excluding hydrogens is 230 g/mol. The van der Waals surface area contributed by atoms with Crippen LogP contribution in [0.15, 0.2) is 36.7 Å². The zero-order valence-electron chi connectivity index (χ0n) is 9.92. The molecule has 0 aromatic carbocycles. The number of aromatic carboxylic acids is 1. The Labute approximate surface area is 105 Å². The van der Waals surface area contributed by atoms with Crippen molar-refractivity contribution in [1.29, 1.82) is 0 Å². The van der Waals surface area contributed by atoms with Gasteiger partial charge in [0.2, 0.25) is 0 Å². The van der Waals surface area contributed by atoms with Gasteiger partial charge < -0.3 is 10.4 Å². The number of anilines is 1. The van der Waals surface area contributed by atoms with Crippen molar-refractivity contribution in [2.75, 3.05) is 5.32 Å². The Morgan fingerprint density at radius 3 is 2.78 bits per heavy atom. The summed E-state index contributed by atoms with van der Waals surface area (Å²) in [5.74, 6) is -0.614. The standard InChI is InChI=1S/C13H13N3O2/c1-9-5-7-15-12(11(9)13(17)18)16-8-10-4-2-3-6-14-10/h2-7H,8H2,1H3,(H,15,16)(H,17,18). The number of carboxylic acids is 1. The van der Waals surface area contributed by atoms with Crippen LogP contribution in [0.1, 0.15) is 21.6 Å². The molecule has 5 heteroatoms. The summed E-state index contributed by atoms with van der Waals surface area (Å²) in [4.78, 5) is 19.4. The SMILES string of the molecule is Cc1ccnc(NCc2ccccn2)c1C(=O)O. The van der Waals surface area contributed by atoms with Gasteiger partial charge in [0.25, 0.3) is 0 Å². The zero-order chi connectivity index (χ0) is 13.0. The molecule has 92 valence electrons. The van der Waals surface area contributed by atoms with E-state index in [0.717, 1.165) is 5.69 Å². The first-order valence-corrected chi connectivity index (χ1v) is 5.51. The molecule has 0 aliphatic rings. The van der Waals surface area contributed by atoms with Gasteiger partial charge in [-0.05, 0) is 30.7 Å². The fourth-order valence-corrected chi connectivity index (χ4v) is 1.64. The number of aromatic nitrogens is 2. The van der Waals surface area contributed by atoms with Gasteiger partial charge in [-0.3, -0.25) is 4.98 Å². The first-order valence-electron chi connectivity index (χ1n) is 5.51. The highest BCUT2D eigenvalue weighted by Crippen LogP contribution is 2.17. The molecule has 2 rings (SSSR count). The number of rotatable bonds is 4. The predicted molar refractivity (Wildman–Crippen MR) is 67.5 cm³/mol. The van der Waals surface area contributed by atoms with Gasteiger partial charge >= 0.3 is 5.97 Å². The molecule has 0 saturated heterocycles. The smallest absolute Gasteiger partial charge is 0.339 e. The van der Waals surface area contributed by atoms with Crippen LogP contribution in [-0.4, -0.2) is 21.0 Å². The predicted octanol–water partition coefficient (Wildman–Crippen LogP) is 2.10. The highest BCUT2D eigenvalue weighted by Gasteiger charge is 2.13. The molecule has 2 aromatic heterocycles. The van der Waals surface area contributed by atoms with E-state index >= 15 is 0 Å². The Hall–Kier alpha value is -2.43. The molecule has 0 amide bonds. The maximum Gasteiger partial charge on any atom is 0.339 e. The summed E-state index contributed by atoms with van der Waals surface area (Å²) in [6.07, 6.45) is 3.28. The molecule has 0 unspecified atom stereocenters. The van der Waals surface area contributed by atoms with Crippen LogP contribution >= 0.6 is 0 Å². The number of pyridine rings is 2. The third-order valence-electron chi connectivity index (χ3n) is 2.54. The fourth-order valence-electron chi connectivity index (χ4n) is 1.64. The molecule has 18 heavy (non-hydrogen) atoms. The van der Waals surface area contributed by atoms with Gasteiger partial charge in [0, 0.05) is 12.4 Å². The molecule has 5 nitrogen and oxygen atoms in total. The highest BCUT2D eigenvalue weighted by atomic mass is 16.4. The van der Waals surface area contributed by atoms with Crippen molar-refractivity contribution in [3.05, 3.63) is 53.5 Å². The van der Waals surface area contributed by atoms with Crippen LogP contribution in [-0.2, 0) is 6.54 Å². The van der Waals surface area contributed by atoms with E-state index in [1.165, 1.54) is 0 Å². The van der Waals surface area contributed by atoms with Crippen molar-refractivity contribution in [1.82, 2.24) is 9.97 Å². The van der Waals surface area contributed by atoms with E-state index in [-0.39, 0.29) is 5.56 Å². The van der Waals surface area contributed by atoms with Crippen LogP contribution in [0.2, 0.25) is 0 Å². The van der Waals surface area contributed by atoms with Gasteiger partial charge in [0.15, 0.2) is 0 Å². The Bertz CT molecular complexity index is 555. The summed E-state index contributed by atoms with van der Waals surface area (Å²) < 4.78 is 0. The van der Waals surface area contributed by atoms with Crippen LogP contribution in [0.5, 0.6) is 0 Å². The van der Waals surface area contributed by atoms with Crippen LogP contribution in [0.3, 0.4) is 0 Å². The van der Waals surface area contributed by atoms with Crippen molar-refractivity contribution in [2.45, 2.75) is 13.5 Å². The number of hydrogen-bond acceptors (Lipinski definition) is 4. The average Bonchev–Trinajstić information content (AvgIpc) is 2.37. The third kappa shape index (κ3) is 2.63. The lowest BCUT2D eigenvalue weighted by molar-refractivity contribution is 0.0697. The largest absolute Gasteiger partial charge is 0.478 e. The van der Waals surface area contributed by atoms with Crippen LogP contribution in [0.4, 0.5) is 5.82 Å². The Morgan fingerprint density at radius 2 is 2.11 bits per heavy atom. The molecule has 0 bridgehead atoms. The van der Waals surface area contributed by atoms with Crippen LogP contribution < -0.4 is 5.32 Å². The second-order valence-electron chi connectivity index (χ2n) is 3.83. The quantitative estimate of drug-likeness (QED) is 0.860. The minimum Gasteiger partial charge on any atom is -0.478 e. The lowest BCUT2D eigenvalue weighted by atomic mass is 10.1. The molecule has 2 heterocycles. The normalized spacial score (nSPS) is 10.1. The Kier molecular flexibility index (Phi) is 3.52. The number of nitrogens with zero attached hydrogens (tertiary/aromatic N) is 2. The Balaban J connectivity index is 2.20. The van der Waals surface area contributed by atoms with Gasteiger partial charge in [-0.25, -0.2) is 9.78 Å². The fraction of sp³-hybridized carbons (Fsp3) is 0.154. The van der Waals surface area contributed by atoms with Gasteiger partial charge in [0.05, 0.1) is 12.2 Å². The molecule has 0 aliphatic heterocycles. The van der Waals surface area contributed by atoms with Crippen molar-refractivity contribution < 1.29 is 9.90 Å². The number of hydrogen-bond donors (Lipinski definition) is 2. The minimum atomic E-state index is -0.982. The van der Waals surface area contributed by atoms with Crippen molar-refractivity contribution in [3.8, 4) is 0 Å². The highest BCUT2D eigenvalue weighted by molar-refractivity contribution is 5.94. The van der Waals surface area contributed by atoms with Crippen molar-refractivity contribution in [3.63, 3.8) is 0 Å². The van der Waals surface area contributed by atoms with Gasteiger partial charge in [-0.1, -0.05) is 6.07 Å². The van der Waals surface area contributed by atoms with E-state index in [9.17, 15) is 4.79 Å². The second kappa shape index (κ2) is 5.27.